The molecule has 3 nitrogen and oxygen atoms in total. The van der Waals surface area contributed by atoms with Crippen molar-refractivity contribution in [1.82, 2.24) is 10.2 Å². The summed E-state index contributed by atoms with van der Waals surface area (Å²) in [5.41, 5.74) is 1.32. The van der Waals surface area contributed by atoms with E-state index in [9.17, 15) is 0 Å². The minimum absolute atomic E-state index is 0.235. The Morgan fingerprint density at radius 2 is 1.89 bits per heavy atom. The van der Waals surface area contributed by atoms with E-state index in [0.717, 1.165) is 31.9 Å². The number of benzene rings is 1. The van der Waals surface area contributed by atoms with Gasteiger partial charge in [-0.25, -0.2) is 0 Å². The Hall–Kier alpha value is -1.06. The molecule has 0 amide bonds. The Labute approximate surface area is 111 Å². The van der Waals surface area contributed by atoms with Crippen LogP contribution < -0.4 is 10.1 Å². The van der Waals surface area contributed by atoms with E-state index in [4.69, 9.17) is 4.74 Å². The summed E-state index contributed by atoms with van der Waals surface area (Å²) in [6.45, 7) is 10.3. The molecule has 1 aromatic rings. The van der Waals surface area contributed by atoms with E-state index >= 15 is 0 Å². The van der Waals surface area contributed by atoms with Gasteiger partial charge in [0.1, 0.15) is 5.75 Å². The van der Waals surface area contributed by atoms with Gasteiger partial charge in [0.15, 0.2) is 0 Å². The van der Waals surface area contributed by atoms with E-state index in [1.807, 2.05) is 26.0 Å². The molecular formula is C15H26N2O. The molecular weight excluding hydrogens is 224 g/mol. The van der Waals surface area contributed by atoms with E-state index in [2.05, 4.69) is 36.3 Å². The van der Waals surface area contributed by atoms with Crippen LogP contribution >= 0.6 is 0 Å². The molecule has 0 aliphatic rings. The monoisotopic (exact) mass is 250 g/mol. The van der Waals surface area contributed by atoms with Crippen LogP contribution in [-0.2, 0) is 6.54 Å². The lowest BCUT2D eigenvalue weighted by atomic mass is 10.2. The molecule has 3 heteroatoms. The Balaban J connectivity index is 2.38. The van der Waals surface area contributed by atoms with E-state index < -0.39 is 0 Å². The topological polar surface area (TPSA) is 24.5 Å². The summed E-state index contributed by atoms with van der Waals surface area (Å²) < 4.78 is 5.63. The summed E-state index contributed by atoms with van der Waals surface area (Å²) >= 11 is 0. The van der Waals surface area contributed by atoms with Gasteiger partial charge >= 0.3 is 0 Å². The fourth-order valence-corrected chi connectivity index (χ4v) is 1.78. The second-order valence-corrected chi connectivity index (χ2v) is 4.90. The smallest absolute Gasteiger partial charge is 0.119 e. The molecule has 1 aromatic carbocycles. The average Bonchev–Trinajstić information content (AvgIpc) is 2.31. The summed E-state index contributed by atoms with van der Waals surface area (Å²) in [7, 11) is 2.15. The number of ether oxygens (including phenoxy) is 1. The summed E-state index contributed by atoms with van der Waals surface area (Å²) in [6, 6.07) is 8.38. The van der Waals surface area contributed by atoms with Gasteiger partial charge in [-0.05, 0) is 45.1 Å². The number of nitrogens with zero attached hydrogens (tertiary/aromatic N) is 1. The summed E-state index contributed by atoms with van der Waals surface area (Å²) in [5, 5.41) is 3.33. The summed E-state index contributed by atoms with van der Waals surface area (Å²) in [6.07, 6.45) is 0.235. The van der Waals surface area contributed by atoms with Crippen molar-refractivity contribution in [1.29, 1.82) is 0 Å². The first kappa shape index (κ1) is 15.0. The molecule has 0 aliphatic carbocycles. The van der Waals surface area contributed by atoms with E-state index in [1.54, 1.807) is 0 Å². The van der Waals surface area contributed by atoms with Crippen molar-refractivity contribution in [3.05, 3.63) is 29.8 Å². The van der Waals surface area contributed by atoms with Gasteiger partial charge in [-0.1, -0.05) is 19.1 Å². The van der Waals surface area contributed by atoms with Crippen LogP contribution in [0.25, 0.3) is 0 Å². The zero-order chi connectivity index (χ0) is 13.4. The minimum atomic E-state index is 0.235. The van der Waals surface area contributed by atoms with Crippen LogP contribution in [0.2, 0.25) is 0 Å². The van der Waals surface area contributed by atoms with Gasteiger partial charge in [-0.2, -0.15) is 0 Å². The number of rotatable bonds is 8. The van der Waals surface area contributed by atoms with Crippen LogP contribution in [-0.4, -0.2) is 37.7 Å². The Kier molecular flexibility index (Phi) is 6.76. The second kappa shape index (κ2) is 8.11. The predicted octanol–water partition coefficient (Wildman–Crippen LogP) is 2.52. The maximum atomic E-state index is 5.63. The van der Waals surface area contributed by atoms with Gasteiger partial charge < -0.3 is 15.0 Å². The lowest BCUT2D eigenvalue weighted by Gasteiger charge is -2.17. The first-order chi connectivity index (χ1) is 8.61. The van der Waals surface area contributed by atoms with Crippen LogP contribution in [0.5, 0.6) is 5.75 Å². The largest absolute Gasteiger partial charge is 0.491 e. The molecule has 0 bridgehead atoms. The van der Waals surface area contributed by atoms with Crippen LogP contribution in [0.4, 0.5) is 0 Å². The first-order valence-electron chi connectivity index (χ1n) is 6.76. The number of likely N-dealkylation sites (N-methyl/N-ethyl adjacent to an activating group) is 2. The second-order valence-electron chi connectivity index (χ2n) is 4.90. The van der Waals surface area contributed by atoms with Crippen molar-refractivity contribution in [2.24, 2.45) is 0 Å². The SMILES string of the molecule is CCNCCN(C)Cc1ccc(OC(C)C)cc1. The highest BCUT2D eigenvalue weighted by molar-refractivity contribution is 5.27. The van der Waals surface area contributed by atoms with E-state index in [1.165, 1.54) is 5.56 Å². The molecule has 0 spiro atoms. The van der Waals surface area contributed by atoms with Crippen molar-refractivity contribution in [3.63, 3.8) is 0 Å². The maximum Gasteiger partial charge on any atom is 0.119 e. The minimum Gasteiger partial charge on any atom is -0.491 e. The lowest BCUT2D eigenvalue weighted by molar-refractivity contribution is 0.242. The third-order valence-electron chi connectivity index (χ3n) is 2.67. The third-order valence-corrected chi connectivity index (χ3v) is 2.67. The number of hydrogen-bond donors (Lipinski definition) is 1. The highest BCUT2D eigenvalue weighted by Gasteiger charge is 2.01. The standard InChI is InChI=1S/C15H26N2O/c1-5-16-10-11-17(4)12-14-6-8-15(9-7-14)18-13(2)3/h6-9,13,16H,5,10-12H2,1-4H3. The van der Waals surface area contributed by atoms with Crippen molar-refractivity contribution in [2.75, 3.05) is 26.7 Å². The van der Waals surface area contributed by atoms with Gasteiger partial charge in [0.25, 0.3) is 0 Å². The van der Waals surface area contributed by atoms with Crippen molar-refractivity contribution < 1.29 is 4.74 Å². The molecule has 0 aliphatic heterocycles. The zero-order valence-electron chi connectivity index (χ0n) is 12.1. The maximum absolute atomic E-state index is 5.63. The molecule has 0 unspecified atom stereocenters. The van der Waals surface area contributed by atoms with E-state index in [0.29, 0.717) is 0 Å². The quantitative estimate of drug-likeness (QED) is 0.718. The predicted molar refractivity (Wildman–Crippen MR) is 77.1 cm³/mol. The third kappa shape index (κ3) is 6.03. The van der Waals surface area contributed by atoms with Crippen molar-refractivity contribution in [2.45, 2.75) is 33.4 Å². The van der Waals surface area contributed by atoms with E-state index in [-0.39, 0.29) is 6.10 Å². The van der Waals surface area contributed by atoms with Gasteiger partial charge in [0.2, 0.25) is 0 Å². The lowest BCUT2D eigenvalue weighted by Crippen LogP contribution is -2.28. The molecule has 0 saturated carbocycles. The molecule has 0 heterocycles. The zero-order valence-corrected chi connectivity index (χ0v) is 12.1. The first-order valence-corrected chi connectivity index (χ1v) is 6.76. The van der Waals surface area contributed by atoms with Gasteiger partial charge in [0, 0.05) is 19.6 Å². The van der Waals surface area contributed by atoms with Crippen LogP contribution in [0.3, 0.4) is 0 Å². The molecule has 102 valence electrons. The van der Waals surface area contributed by atoms with Crippen molar-refractivity contribution >= 4 is 0 Å². The highest BCUT2D eigenvalue weighted by atomic mass is 16.5. The molecule has 0 atom stereocenters. The fraction of sp³-hybridized carbons (Fsp3) is 0.600. The molecule has 0 fully saturated rings. The molecule has 0 radical (unpaired) electrons. The van der Waals surface area contributed by atoms with Crippen LogP contribution in [0, 0.1) is 0 Å². The Bertz CT molecular complexity index is 322. The fourth-order valence-electron chi connectivity index (χ4n) is 1.78. The van der Waals surface area contributed by atoms with Gasteiger partial charge in [-0.15, -0.1) is 0 Å². The number of nitrogens with one attached hydrogen (secondary N) is 1. The van der Waals surface area contributed by atoms with Crippen LogP contribution in [0.1, 0.15) is 26.3 Å². The molecule has 1 rings (SSSR count). The summed E-state index contributed by atoms with van der Waals surface area (Å²) in [4.78, 5) is 2.32. The molecule has 18 heavy (non-hydrogen) atoms. The molecule has 0 aromatic heterocycles. The van der Waals surface area contributed by atoms with Gasteiger partial charge in [-0.3, -0.25) is 0 Å². The number of hydrogen-bond acceptors (Lipinski definition) is 3. The van der Waals surface area contributed by atoms with Crippen LogP contribution in [0.15, 0.2) is 24.3 Å². The van der Waals surface area contributed by atoms with Gasteiger partial charge in [0.05, 0.1) is 6.10 Å². The molecule has 0 saturated heterocycles. The Morgan fingerprint density at radius 1 is 1.22 bits per heavy atom. The molecule has 1 N–H and O–H groups in total. The average molecular weight is 250 g/mol. The highest BCUT2D eigenvalue weighted by Crippen LogP contribution is 2.14. The van der Waals surface area contributed by atoms with Crippen molar-refractivity contribution in [3.8, 4) is 5.75 Å². The Morgan fingerprint density at radius 3 is 2.44 bits per heavy atom. The normalized spacial score (nSPS) is 11.2. The summed E-state index contributed by atoms with van der Waals surface area (Å²) in [5.74, 6) is 0.948.